The molecule has 2 aromatic heterocycles. The number of aliphatic hydroxyl groups excluding tert-OH is 3. The third-order valence-electron chi connectivity index (χ3n) is 18.2. The topological polar surface area (TPSA) is 220 Å². The summed E-state index contributed by atoms with van der Waals surface area (Å²) in [5.41, 5.74) is 6.19. The summed E-state index contributed by atoms with van der Waals surface area (Å²) in [6.45, 7) is 2.53. The zero-order valence-electron chi connectivity index (χ0n) is 43.6. The Morgan fingerprint density at radius 3 is 2.49 bits per heavy atom. The van der Waals surface area contributed by atoms with Crippen LogP contribution >= 0.6 is 0 Å². The molecule has 0 radical (unpaired) electrons. The molecule has 13 rings (SSSR count). The number of Topliss-reactive ketones (excluding diaryl/α,β-unsaturated/α-hetero) is 2. The number of rotatable bonds is 7. The van der Waals surface area contributed by atoms with Crippen molar-refractivity contribution in [3.05, 3.63) is 153 Å². The van der Waals surface area contributed by atoms with E-state index in [4.69, 9.17) is 4.74 Å². The Hall–Kier alpha value is -6.66. The number of piperidine rings is 1. The normalized spacial score (nSPS) is 30.8. The van der Waals surface area contributed by atoms with Gasteiger partial charge in [-0.05, 0) is 158 Å². The molecule has 1 saturated heterocycles. The summed E-state index contributed by atoms with van der Waals surface area (Å²) >= 11 is 0. The average molecular weight is 1040 g/mol. The molecule has 400 valence electrons. The Labute approximate surface area is 449 Å². The smallest absolute Gasteiger partial charge is 0.163 e. The van der Waals surface area contributed by atoms with Crippen LogP contribution in [0, 0.1) is 35.5 Å². The third kappa shape index (κ3) is 9.67. The molecule has 7 bridgehead atoms. The Morgan fingerprint density at radius 2 is 1.68 bits per heavy atom. The third-order valence-corrected chi connectivity index (χ3v) is 18.2. The second kappa shape index (κ2) is 20.9. The molecule has 4 aliphatic carbocycles. The largest absolute Gasteiger partial charge is 0.507 e. The molecule has 13 heteroatoms. The fourth-order valence-electron chi connectivity index (χ4n) is 14.0. The van der Waals surface area contributed by atoms with Crippen molar-refractivity contribution in [1.82, 2.24) is 15.3 Å². The van der Waals surface area contributed by atoms with E-state index in [1.165, 1.54) is 0 Å². The molecule has 3 aromatic carbocycles. The number of benzene rings is 3. The van der Waals surface area contributed by atoms with E-state index in [1.54, 1.807) is 36.4 Å². The van der Waals surface area contributed by atoms with E-state index >= 15 is 9.59 Å². The van der Waals surface area contributed by atoms with Crippen LogP contribution in [0.3, 0.4) is 0 Å². The van der Waals surface area contributed by atoms with E-state index in [-0.39, 0.29) is 72.3 Å². The standard InChI is InChI=1S/C64H70N4O9/c1-35-9-16-52(67-34-35)46-15-17-53-49-32-54-43(21-26-65-54)51(33-64(76)24-19-37-5-4-8-55(70)40(37)20-25-64)58(49)62(75)47(23-28-69)56(71)18-10-36-29-50(61(74)57(30-36)77-39-6-2-3-7-39)59(72)38-11-12-41-44(60(46)73)14-13-42(48(41)31-38)45-22-27-66-63(45)68-53/h4-5,8,11-14,20-22,25-27,29-32,35,39,42,44,46-47,51-53,58-60,65-70,72-74,76H,2-3,6-7,9-10,16,18-19,23-24,28,33-34H2,1H3/t35-,42+,44-,46+,47+,51-,52-,53-,58-,59-,60-,64+/m1/s1. The van der Waals surface area contributed by atoms with Crippen LogP contribution in [0.5, 0.6) is 17.2 Å². The number of aromatic hydroxyl groups is 2. The number of H-pyrrole nitrogens is 2. The zero-order valence-corrected chi connectivity index (χ0v) is 43.6. The first-order valence-electron chi connectivity index (χ1n) is 28.0. The fourth-order valence-corrected chi connectivity index (χ4v) is 14.0. The molecule has 2 fully saturated rings. The van der Waals surface area contributed by atoms with Crippen molar-refractivity contribution in [2.75, 3.05) is 18.5 Å². The summed E-state index contributed by atoms with van der Waals surface area (Å²) in [4.78, 5) is 38.3. The Kier molecular flexibility index (Phi) is 13.9. The van der Waals surface area contributed by atoms with Crippen molar-refractivity contribution in [2.24, 2.45) is 23.7 Å². The first-order valence-corrected chi connectivity index (χ1v) is 28.0. The van der Waals surface area contributed by atoms with E-state index < -0.39 is 65.8 Å². The monoisotopic (exact) mass is 1040 g/mol. The average Bonchev–Trinajstić information content (AvgIpc) is 4.31. The maximum atomic E-state index is 16.2. The molecular formula is C64H70N4O9. The van der Waals surface area contributed by atoms with Gasteiger partial charge in [0, 0.05) is 77.5 Å². The lowest BCUT2D eigenvalue weighted by molar-refractivity contribution is -0.135. The molecule has 0 unspecified atom stereocenters. The minimum absolute atomic E-state index is 0.0757. The van der Waals surface area contributed by atoms with Gasteiger partial charge in [0.2, 0.25) is 0 Å². The first kappa shape index (κ1) is 51.1. The summed E-state index contributed by atoms with van der Waals surface area (Å²) < 4.78 is 6.50. The van der Waals surface area contributed by atoms with Gasteiger partial charge in [0.25, 0.3) is 0 Å². The van der Waals surface area contributed by atoms with Gasteiger partial charge in [-0.3, -0.25) is 9.59 Å². The van der Waals surface area contributed by atoms with Gasteiger partial charge in [-0.25, -0.2) is 0 Å². The summed E-state index contributed by atoms with van der Waals surface area (Å²) in [5, 5.41) is 79.8. The Bertz CT molecular complexity index is 3230. The Balaban J connectivity index is 1.06. The number of hydrogen-bond acceptors (Lipinski definition) is 11. The molecule has 0 amide bonds. The summed E-state index contributed by atoms with van der Waals surface area (Å²) in [7, 11) is 0. The highest BCUT2D eigenvalue weighted by atomic mass is 16.5. The maximum Gasteiger partial charge on any atom is 0.163 e. The van der Waals surface area contributed by atoms with Crippen molar-refractivity contribution < 1.29 is 45.0 Å². The van der Waals surface area contributed by atoms with Gasteiger partial charge in [-0.2, -0.15) is 0 Å². The van der Waals surface area contributed by atoms with Crippen molar-refractivity contribution >= 4 is 29.5 Å². The number of phenols is 2. The van der Waals surface area contributed by atoms with Crippen LogP contribution in [0.25, 0.3) is 12.2 Å². The predicted molar refractivity (Wildman–Crippen MR) is 294 cm³/mol. The molecule has 4 aliphatic heterocycles. The van der Waals surface area contributed by atoms with Crippen LogP contribution in [0.15, 0.2) is 96.9 Å². The molecule has 8 aliphatic rings. The number of anilines is 1. The van der Waals surface area contributed by atoms with Gasteiger partial charge in [-0.1, -0.05) is 73.4 Å². The van der Waals surface area contributed by atoms with Crippen LogP contribution in [0.1, 0.15) is 151 Å². The number of carbonyl (C=O) groups excluding carboxylic acids is 2. The van der Waals surface area contributed by atoms with Gasteiger partial charge in [0.15, 0.2) is 17.3 Å². The lowest BCUT2D eigenvalue weighted by Crippen LogP contribution is -2.48. The molecule has 1 saturated carbocycles. The van der Waals surface area contributed by atoms with E-state index in [0.29, 0.717) is 46.8 Å². The highest BCUT2D eigenvalue weighted by Crippen LogP contribution is 2.50. The van der Waals surface area contributed by atoms with Crippen LogP contribution in [0.4, 0.5) is 5.82 Å². The van der Waals surface area contributed by atoms with E-state index in [2.05, 4.69) is 51.5 Å². The number of fused-ring (bicyclic) bond motifs is 8. The van der Waals surface area contributed by atoms with Crippen LogP contribution in [-0.2, 0) is 22.4 Å². The van der Waals surface area contributed by atoms with Crippen molar-refractivity contribution in [3.63, 3.8) is 0 Å². The highest BCUT2D eigenvalue weighted by molar-refractivity contribution is 6.05. The van der Waals surface area contributed by atoms with Gasteiger partial charge < -0.3 is 56.0 Å². The van der Waals surface area contributed by atoms with Gasteiger partial charge in [-0.15, -0.1) is 0 Å². The molecule has 77 heavy (non-hydrogen) atoms. The van der Waals surface area contributed by atoms with Crippen LogP contribution < -0.4 is 15.4 Å². The zero-order chi connectivity index (χ0) is 53.1. The molecule has 13 nitrogen and oxygen atoms in total. The SMILES string of the molecule is C[C@@H]1CC[C@H]([C@@H]2C#C[C@H]3Nc4[nH]ccc4[C@@H]4C=C[C@H](c5ccc(cc54)[C@@H](O)c4cc(cc(OC5CCCC5)c4O)CCC(=O)[C@H](CCO)C(=O)[C@@H]4C3=Cc3[nH]ccc3[C@H]4C[C@@]3(O)C=Cc4c(O)cccc4CC3)[C@H]2O)NC1. The fraction of sp³-hybridized carbons (Fsp3) is 0.438. The van der Waals surface area contributed by atoms with E-state index in [0.717, 1.165) is 78.6 Å². The number of aromatic nitrogens is 2. The summed E-state index contributed by atoms with van der Waals surface area (Å²) in [5.74, 6) is 3.26. The van der Waals surface area contributed by atoms with Gasteiger partial charge in [0.05, 0.1) is 29.6 Å². The number of ether oxygens (including phenoxy) is 1. The molecule has 12 atom stereocenters. The predicted octanol–water partition coefficient (Wildman–Crippen LogP) is 8.77. The van der Waals surface area contributed by atoms with Crippen molar-refractivity contribution in [2.45, 2.75) is 138 Å². The lowest BCUT2D eigenvalue weighted by atomic mass is 9.65. The lowest BCUT2D eigenvalue weighted by Gasteiger charge is -2.40. The number of ketones is 2. The summed E-state index contributed by atoms with van der Waals surface area (Å²) in [6, 6.07) is 17.5. The molecule has 6 heterocycles. The highest BCUT2D eigenvalue weighted by Gasteiger charge is 2.47. The number of aliphatic hydroxyl groups is 4. The first-order chi connectivity index (χ1) is 37.3. The number of phenolic OH excluding ortho intramolecular Hbond substituents is 2. The molecular weight excluding hydrogens is 969 g/mol. The number of allylic oxidation sites excluding steroid dienone is 1. The van der Waals surface area contributed by atoms with Gasteiger partial charge in [0.1, 0.15) is 29.5 Å². The van der Waals surface area contributed by atoms with E-state index in [1.807, 2.05) is 54.9 Å². The molecule has 0 spiro atoms. The minimum atomic E-state index is -1.47. The van der Waals surface area contributed by atoms with Crippen molar-refractivity contribution in [1.29, 1.82) is 0 Å². The molecule has 10 N–H and O–H groups in total. The molecule has 5 aromatic rings. The number of aromatic amines is 2. The van der Waals surface area contributed by atoms with E-state index in [9.17, 15) is 30.6 Å². The minimum Gasteiger partial charge on any atom is -0.507 e. The number of hydrogen-bond donors (Lipinski definition) is 10. The summed E-state index contributed by atoms with van der Waals surface area (Å²) in [6.07, 6.45) is 17.0. The van der Waals surface area contributed by atoms with Crippen LogP contribution in [-0.4, -0.2) is 95.2 Å². The van der Waals surface area contributed by atoms with Crippen molar-refractivity contribution in [3.8, 4) is 29.1 Å². The number of carbonyl (C=O) groups is 2. The number of nitrogens with one attached hydrogen (secondary N) is 4. The second-order valence-electron chi connectivity index (χ2n) is 23.1. The second-order valence-corrected chi connectivity index (χ2v) is 23.1. The van der Waals surface area contributed by atoms with Crippen LogP contribution in [0.2, 0.25) is 0 Å². The Morgan fingerprint density at radius 1 is 0.844 bits per heavy atom. The number of aryl methyl sites for hydroxylation is 2. The quantitative estimate of drug-likeness (QED) is 0.0422. The van der Waals surface area contributed by atoms with Gasteiger partial charge >= 0.3 is 0 Å². The maximum absolute atomic E-state index is 16.2.